The first-order chi connectivity index (χ1) is 8.95. The van der Waals surface area contributed by atoms with E-state index < -0.39 is 11.7 Å². The first-order valence-electron chi connectivity index (χ1n) is 5.59. The fourth-order valence-electron chi connectivity index (χ4n) is 1.52. The summed E-state index contributed by atoms with van der Waals surface area (Å²) in [7, 11) is 0. The molecule has 0 saturated heterocycles. The van der Waals surface area contributed by atoms with Crippen LogP contribution in [0.1, 0.15) is 12.6 Å². The number of rotatable bonds is 3. The van der Waals surface area contributed by atoms with E-state index in [1.807, 2.05) is 12.1 Å². The van der Waals surface area contributed by atoms with Gasteiger partial charge in [-0.25, -0.2) is 0 Å². The van der Waals surface area contributed by atoms with Crippen molar-refractivity contribution >= 4 is 17.4 Å². The van der Waals surface area contributed by atoms with E-state index in [2.05, 4.69) is 0 Å². The van der Waals surface area contributed by atoms with Crippen LogP contribution >= 0.6 is 11.8 Å². The first-order valence-corrected chi connectivity index (χ1v) is 6.58. The van der Waals surface area contributed by atoms with Crippen molar-refractivity contribution in [2.24, 2.45) is 0 Å². The van der Waals surface area contributed by atoms with Crippen LogP contribution in [0.3, 0.4) is 0 Å². The van der Waals surface area contributed by atoms with Crippen LogP contribution < -0.4 is 35.3 Å². The smallest absolute Gasteiger partial charge is 1.00 e. The van der Waals surface area contributed by atoms with Crippen molar-refractivity contribution in [2.75, 3.05) is 5.73 Å². The Kier molecular flexibility index (Phi) is 6.45. The van der Waals surface area contributed by atoms with Gasteiger partial charge in [-0.2, -0.15) is 13.2 Å². The van der Waals surface area contributed by atoms with Gasteiger partial charge in [-0.15, -0.1) is 11.8 Å². The van der Waals surface area contributed by atoms with Gasteiger partial charge in [0.15, 0.2) is 0 Å². The molecule has 0 fully saturated rings. The quantitative estimate of drug-likeness (QED) is 0.531. The fraction of sp³-hybridized carbons (Fsp3) is 0.143. The Balaban J connectivity index is 0.00000200. The van der Waals surface area contributed by atoms with Crippen molar-refractivity contribution in [1.29, 1.82) is 0 Å². The fourth-order valence-corrected chi connectivity index (χ4v) is 2.37. The molecule has 6 heteroatoms. The second-order valence-corrected chi connectivity index (χ2v) is 5.10. The molecule has 0 heterocycles. The Hall–Kier alpha value is -0.620. The molecular formula is C14H13F3NNaS. The average Bonchev–Trinajstić information content (AvgIpc) is 2.37. The van der Waals surface area contributed by atoms with Crippen molar-refractivity contribution in [3.05, 3.63) is 59.7 Å². The largest absolute Gasteiger partial charge is 1.00 e. The second kappa shape index (κ2) is 7.41. The molecule has 0 aliphatic heterocycles. The van der Waals surface area contributed by atoms with Crippen LogP contribution in [0.25, 0.3) is 0 Å². The summed E-state index contributed by atoms with van der Waals surface area (Å²) in [6, 6.07) is 12.6. The van der Waals surface area contributed by atoms with Crippen LogP contribution in [0.4, 0.5) is 18.9 Å². The van der Waals surface area contributed by atoms with Gasteiger partial charge in [0.2, 0.25) is 0 Å². The van der Waals surface area contributed by atoms with Gasteiger partial charge in [-0.05, 0) is 42.0 Å². The molecule has 0 aliphatic carbocycles. The Labute approximate surface area is 143 Å². The number of thioether (sulfide) groups is 1. The maximum atomic E-state index is 12.4. The van der Waals surface area contributed by atoms with Gasteiger partial charge < -0.3 is 7.16 Å². The van der Waals surface area contributed by atoms with Crippen LogP contribution in [-0.4, -0.2) is 0 Å². The van der Waals surface area contributed by atoms with E-state index in [1.165, 1.54) is 12.1 Å². The topological polar surface area (TPSA) is 26.0 Å². The van der Waals surface area contributed by atoms with Crippen LogP contribution in [0.5, 0.6) is 0 Å². The van der Waals surface area contributed by atoms with Gasteiger partial charge >= 0.3 is 35.7 Å². The maximum absolute atomic E-state index is 12.4. The average molecular weight is 307 g/mol. The molecule has 1 nitrogen and oxygen atoms in total. The van der Waals surface area contributed by atoms with Crippen LogP contribution in [0.2, 0.25) is 0 Å². The third kappa shape index (κ3) is 5.05. The summed E-state index contributed by atoms with van der Waals surface area (Å²) in [5.74, 6) is 0.627. The Morgan fingerprint density at radius 1 is 0.950 bits per heavy atom. The monoisotopic (exact) mass is 307 g/mol. The minimum atomic E-state index is -4.28. The molecule has 0 amide bonds. The van der Waals surface area contributed by atoms with Gasteiger partial charge in [0.1, 0.15) is 0 Å². The summed E-state index contributed by atoms with van der Waals surface area (Å²) in [6.07, 6.45) is -4.28. The summed E-state index contributed by atoms with van der Waals surface area (Å²) in [5, 5.41) is 0. The summed E-state index contributed by atoms with van der Waals surface area (Å²) in [5.41, 5.74) is 6.51. The molecule has 0 unspecified atom stereocenters. The van der Waals surface area contributed by atoms with Crippen molar-refractivity contribution in [2.45, 2.75) is 16.8 Å². The zero-order valence-corrected chi connectivity index (χ0v) is 13.8. The van der Waals surface area contributed by atoms with E-state index in [-0.39, 0.29) is 31.0 Å². The van der Waals surface area contributed by atoms with E-state index in [4.69, 9.17) is 5.73 Å². The molecule has 20 heavy (non-hydrogen) atoms. The molecule has 2 aromatic carbocycles. The number of halogens is 3. The van der Waals surface area contributed by atoms with Gasteiger partial charge in [0.25, 0.3) is 0 Å². The number of hydrogen-bond donors (Lipinski definition) is 1. The molecule has 0 spiro atoms. The SMILES string of the molecule is Nc1ccc(SCc2ccc(C(F)(F)F)cc2)cc1.[H-].[Na+]. The zero-order valence-electron chi connectivity index (χ0n) is 11.9. The number of benzene rings is 2. The molecule has 0 saturated carbocycles. The molecule has 2 aromatic rings. The molecule has 102 valence electrons. The Morgan fingerprint density at radius 3 is 2.00 bits per heavy atom. The van der Waals surface area contributed by atoms with Crippen molar-refractivity contribution < 1.29 is 44.2 Å². The molecule has 0 radical (unpaired) electrons. The van der Waals surface area contributed by atoms with Crippen LogP contribution in [0.15, 0.2) is 53.4 Å². The number of nitrogen functional groups attached to an aromatic ring is 1. The van der Waals surface area contributed by atoms with E-state index >= 15 is 0 Å². The van der Waals surface area contributed by atoms with Crippen molar-refractivity contribution in [1.82, 2.24) is 0 Å². The number of hydrogen-bond acceptors (Lipinski definition) is 2. The first kappa shape index (κ1) is 17.4. The summed E-state index contributed by atoms with van der Waals surface area (Å²) in [4.78, 5) is 1.04. The maximum Gasteiger partial charge on any atom is 1.00 e. The van der Waals surface area contributed by atoms with Gasteiger partial charge in [-0.3, -0.25) is 0 Å². The van der Waals surface area contributed by atoms with Crippen LogP contribution in [-0.2, 0) is 11.9 Å². The van der Waals surface area contributed by atoms with Crippen molar-refractivity contribution in [3.63, 3.8) is 0 Å². The third-order valence-corrected chi connectivity index (χ3v) is 3.65. The normalized spacial score (nSPS) is 10.9. The number of anilines is 1. The van der Waals surface area contributed by atoms with E-state index in [0.717, 1.165) is 22.6 Å². The summed E-state index contributed by atoms with van der Waals surface area (Å²) in [6.45, 7) is 0. The predicted octanol–water partition coefficient (Wildman–Crippen LogP) is 1.70. The van der Waals surface area contributed by atoms with Gasteiger partial charge in [-0.1, -0.05) is 12.1 Å². The molecule has 2 rings (SSSR count). The minimum absolute atomic E-state index is 0. The van der Waals surface area contributed by atoms with Crippen molar-refractivity contribution in [3.8, 4) is 0 Å². The van der Waals surface area contributed by atoms with Gasteiger partial charge in [0, 0.05) is 16.3 Å². The molecule has 2 N–H and O–H groups in total. The number of alkyl halides is 3. The Bertz CT molecular complexity index is 544. The predicted molar refractivity (Wildman–Crippen MR) is 73.0 cm³/mol. The minimum Gasteiger partial charge on any atom is -1.00 e. The van der Waals surface area contributed by atoms with Gasteiger partial charge in [0.05, 0.1) is 5.56 Å². The summed E-state index contributed by atoms with van der Waals surface area (Å²) < 4.78 is 37.2. The number of nitrogens with two attached hydrogens (primary N) is 1. The standard InChI is InChI=1S/C14H12F3NS.Na.H/c15-14(16,17)11-3-1-10(2-4-11)9-19-13-7-5-12(18)6-8-13;;/h1-8H,9,18H2;;/q;+1;-1. The second-order valence-electron chi connectivity index (χ2n) is 4.05. The zero-order chi connectivity index (χ0) is 13.9. The molecule has 0 bridgehead atoms. The third-order valence-electron chi connectivity index (χ3n) is 2.57. The van der Waals surface area contributed by atoms with E-state index in [0.29, 0.717) is 11.4 Å². The van der Waals surface area contributed by atoms with E-state index in [1.54, 1.807) is 23.9 Å². The molecule has 0 atom stereocenters. The molecular weight excluding hydrogens is 294 g/mol. The van der Waals surface area contributed by atoms with E-state index in [9.17, 15) is 13.2 Å². The van der Waals surface area contributed by atoms with Crippen LogP contribution in [0, 0.1) is 0 Å². The molecule has 0 aromatic heterocycles. The molecule has 0 aliphatic rings. The summed E-state index contributed by atoms with van der Waals surface area (Å²) >= 11 is 1.56. The Morgan fingerprint density at radius 2 is 1.50 bits per heavy atom.